The van der Waals surface area contributed by atoms with Gasteiger partial charge in [0.05, 0.1) is 17.8 Å². The lowest BCUT2D eigenvalue weighted by atomic mass is 10.2. The molecule has 0 fully saturated rings. The molecule has 0 spiro atoms. The van der Waals surface area contributed by atoms with Gasteiger partial charge in [-0.05, 0) is 13.3 Å². The van der Waals surface area contributed by atoms with Crippen molar-refractivity contribution in [3.63, 3.8) is 0 Å². The van der Waals surface area contributed by atoms with Crippen molar-refractivity contribution in [1.29, 1.82) is 0 Å². The zero-order chi connectivity index (χ0) is 13.7. The van der Waals surface area contributed by atoms with E-state index >= 15 is 0 Å². The summed E-state index contributed by atoms with van der Waals surface area (Å²) in [6.45, 7) is 4.39. The molecular weight excluding hydrogens is 234 g/mol. The third kappa shape index (κ3) is 3.22. The van der Waals surface area contributed by atoms with Gasteiger partial charge in [-0.25, -0.2) is 0 Å². The van der Waals surface area contributed by atoms with Crippen LogP contribution in [0, 0.1) is 6.92 Å². The number of oxime groups is 1. The van der Waals surface area contributed by atoms with E-state index in [4.69, 9.17) is 10.9 Å². The Morgan fingerprint density at radius 3 is 2.78 bits per heavy atom. The van der Waals surface area contributed by atoms with E-state index in [1.54, 1.807) is 29.7 Å². The van der Waals surface area contributed by atoms with Crippen LogP contribution < -0.4 is 5.73 Å². The molecule has 0 aliphatic heterocycles. The molecule has 0 atom stereocenters. The Kier molecular flexibility index (Phi) is 4.70. The highest BCUT2D eigenvalue weighted by atomic mass is 16.4. The van der Waals surface area contributed by atoms with Crippen molar-refractivity contribution in [2.24, 2.45) is 17.9 Å². The minimum Gasteiger partial charge on any atom is -0.409 e. The van der Waals surface area contributed by atoms with E-state index < -0.39 is 0 Å². The van der Waals surface area contributed by atoms with Crippen molar-refractivity contribution >= 4 is 11.7 Å². The summed E-state index contributed by atoms with van der Waals surface area (Å²) in [5.74, 6) is -0.146. The molecule has 0 saturated carbocycles. The van der Waals surface area contributed by atoms with Crippen LogP contribution in [0.5, 0.6) is 0 Å². The molecule has 0 aliphatic rings. The Labute approximate surface area is 106 Å². The average molecular weight is 253 g/mol. The minimum absolute atomic E-state index is 0.0124. The number of aromatic nitrogens is 2. The number of rotatable bonds is 5. The average Bonchev–Trinajstić information content (AvgIpc) is 2.66. The summed E-state index contributed by atoms with van der Waals surface area (Å²) in [6, 6.07) is 0. The summed E-state index contributed by atoms with van der Waals surface area (Å²) < 4.78 is 1.59. The Morgan fingerprint density at radius 1 is 1.67 bits per heavy atom. The smallest absolute Gasteiger partial charge is 0.257 e. The van der Waals surface area contributed by atoms with Crippen LogP contribution >= 0.6 is 0 Å². The molecule has 1 heterocycles. The molecule has 0 bridgehead atoms. The molecule has 0 radical (unpaired) electrons. The van der Waals surface area contributed by atoms with E-state index in [1.807, 2.05) is 6.92 Å². The fraction of sp³-hybridized carbons (Fsp3) is 0.545. The lowest BCUT2D eigenvalue weighted by molar-refractivity contribution is 0.0777. The molecule has 1 aromatic heterocycles. The highest BCUT2D eigenvalue weighted by Gasteiger charge is 2.20. The first-order valence-electron chi connectivity index (χ1n) is 5.75. The van der Waals surface area contributed by atoms with Crippen LogP contribution in [0.1, 0.15) is 29.4 Å². The van der Waals surface area contributed by atoms with Crippen LogP contribution in [0.4, 0.5) is 0 Å². The second-order valence-electron chi connectivity index (χ2n) is 4.12. The van der Waals surface area contributed by atoms with Gasteiger partial charge in [-0.1, -0.05) is 12.1 Å². The van der Waals surface area contributed by atoms with Gasteiger partial charge in [-0.3, -0.25) is 9.48 Å². The van der Waals surface area contributed by atoms with Gasteiger partial charge in [0.15, 0.2) is 5.84 Å². The Hall–Kier alpha value is -2.05. The number of nitrogens with two attached hydrogens (primary N) is 1. The fourth-order valence-electron chi connectivity index (χ4n) is 1.73. The lowest BCUT2D eigenvalue weighted by Gasteiger charge is -2.20. The van der Waals surface area contributed by atoms with Gasteiger partial charge in [-0.2, -0.15) is 5.10 Å². The first-order valence-corrected chi connectivity index (χ1v) is 5.75. The number of hydrogen-bond acceptors (Lipinski definition) is 4. The van der Waals surface area contributed by atoms with Gasteiger partial charge in [0.1, 0.15) is 0 Å². The van der Waals surface area contributed by atoms with E-state index in [0.717, 1.165) is 6.42 Å². The van der Waals surface area contributed by atoms with Crippen LogP contribution in [0.2, 0.25) is 0 Å². The third-order valence-electron chi connectivity index (χ3n) is 2.51. The van der Waals surface area contributed by atoms with E-state index in [1.165, 1.54) is 0 Å². The van der Waals surface area contributed by atoms with Crippen LogP contribution in [-0.4, -0.2) is 44.7 Å². The Bertz CT molecular complexity index is 452. The van der Waals surface area contributed by atoms with E-state index in [2.05, 4.69) is 10.3 Å². The van der Waals surface area contributed by atoms with Gasteiger partial charge in [0.25, 0.3) is 5.91 Å². The summed E-state index contributed by atoms with van der Waals surface area (Å²) in [4.78, 5) is 13.8. The molecule has 100 valence electrons. The number of amides is 1. The fourth-order valence-corrected chi connectivity index (χ4v) is 1.73. The molecule has 7 nitrogen and oxygen atoms in total. The molecule has 0 saturated heterocycles. The number of carbonyl (C=O) groups excluding carboxylic acids is 1. The second kappa shape index (κ2) is 6.04. The molecule has 1 aromatic rings. The van der Waals surface area contributed by atoms with Gasteiger partial charge >= 0.3 is 0 Å². The topological polar surface area (TPSA) is 96.7 Å². The SMILES string of the molecule is CCCN(CC(N)=NO)C(=O)c1cn(C)nc1C. The molecule has 0 aliphatic carbocycles. The molecule has 1 amide bonds. The monoisotopic (exact) mass is 253 g/mol. The molecule has 0 aromatic carbocycles. The number of aryl methyl sites for hydroxylation is 2. The van der Waals surface area contributed by atoms with Crippen LogP contribution in [0.25, 0.3) is 0 Å². The summed E-state index contributed by atoms with van der Waals surface area (Å²) in [5.41, 5.74) is 6.66. The quantitative estimate of drug-likeness (QED) is 0.342. The summed E-state index contributed by atoms with van der Waals surface area (Å²) in [5, 5.41) is 15.6. The number of carbonyl (C=O) groups is 1. The predicted molar refractivity (Wildman–Crippen MR) is 67.5 cm³/mol. The first-order chi connectivity index (χ1) is 8.49. The molecule has 7 heteroatoms. The van der Waals surface area contributed by atoms with Gasteiger partial charge in [-0.15, -0.1) is 0 Å². The maximum atomic E-state index is 12.3. The summed E-state index contributed by atoms with van der Waals surface area (Å²) in [7, 11) is 1.76. The summed E-state index contributed by atoms with van der Waals surface area (Å²) in [6.07, 6.45) is 2.47. The van der Waals surface area contributed by atoms with Gasteiger partial charge in [0.2, 0.25) is 0 Å². The maximum Gasteiger partial charge on any atom is 0.257 e. The highest BCUT2D eigenvalue weighted by Crippen LogP contribution is 2.09. The normalized spacial score (nSPS) is 11.6. The molecule has 3 N–H and O–H groups in total. The largest absolute Gasteiger partial charge is 0.409 e. The van der Waals surface area contributed by atoms with Gasteiger partial charge in [0, 0.05) is 19.8 Å². The zero-order valence-corrected chi connectivity index (χ0v) is 10.9. The standard InChI is InChI=1S/C11H19N5O2/c1-4-5-16(7-10(12)14-18)11(17)9-6-15(3)13-8(9)2/h6,18H,4-5,7H2,1-3H3,(H2,12,14). The van der Waals surface area contributed by atoms with E-state index in [9.17, 15) is 4.79 Å². The second-order valence-corrected chi connectivity index (χ2v) is 4.12. The van der Waals surface area contributed by atoms with Crippen molar-refractivity contribution in [2.45, 2.75) is 20.3 Å². The van der Waals surface area contributed by atoms with E-state index in [0.29, 0.717) is 17.8 Å². The van der Waals surface area contributed by atoms with Crippen molar-refractivity contribution < 1.29 is 10.0 Å². The van der Waals surface area contributed by atoms with Crippen LogP contribution in [0.3, 0.4) is 0 Å². The number of amidine groups is 1. The molecule has 1 rings (SSSR count). The predicted octanol–water partition coefficient (Wildman–Crippen LogP) is 0.327. The van der Waals surface area contributed by atoms with Crippen LogP contribution in [-0.2, 0) is 7.05 Å². The number of nitrogens with zero attached hydrogens (tertiary/aromatic N) is 4. The lowest BCUT2D eigenvalue weighted by Crippen LogP contribution is -2.39. The van der Waals surface area contributed by atoms with Crippen molar-refractivity contribution in [1.82, 2.24) is 14.7 Å². The van der Waals surface area contributed by atoms with Crippen molar-refractivity contribution in [2.75, 3.05) is 13.1 Å². The first kappa shape index (κ1) is 14.0. The summed E-state index contributed by atoms with van der Waals surface area (Å²) >= 11 is 0. The molecular formula is C11H19N5O2. The van der Waals surface area contributed by atoms with E-state index in [-0.39, 0.29) is 18.3 Å². The molecule has 0 unspecified atom stereocenters. The van der Waals surface area contributed by atoms with Gasteiger partial charge < -0.3 is 15.8 Å². The van der Waals surface area contributed by atoms with Crippen molar-refractivity contribution in [3.05, 3.63) is 17.5 Å². The zero-order valence-electron chi connectivity index (χ0n) is 10.9. The Morgan fingerprint density at radius 2 is 2.33 bits per heavy atom. The maximum absolute atomic E-state index is 12.3. The van der Waals surface area contributed by atoms with Crippen LogP contribution in [0.15, 0.2) is 11.4 Å². The highest BCUT2D eigenvalue weighted by molar-refractivity contribution is 5.97. The minimum atomic E-state index is -0.158. The third-order valence-corrected chi connectivity index (χ3v) is 2.51. The molecule has 18 heavy (non-hydrogen) atoms. The van der Waals surface area contributed by atoms with Crippen molar-refractivity contribution in [3.8, 4) is 0 Å². The number of hydrogen-bond donors (Lipinski definition) is 2. The Balaban J connectivity index is 2.92.